The molecule has 0 aliphatic heterocycles. The minimum atomic E-state index is -3.44. The first-order chi connectivity index (χ1) is 13.9. The summed E-state index contributed by atoms with van der Waals surface area (Å²) in [6.45, 7) is 2.56. The maximum absolute atomic E-state index is 15.1. The molecule has 0 radical (unpaired) electrons. The van der Waals surface area contributed by atoms with Crippen molar-refractivity contribution in [2.75, 3.05) is 6.61 Å². The molecule has 2 aromatic heterocycles. The molecule has 158 valence electrons. The third-order valence-corrected chi connectivity index (χ3v) is 5.38. The summed E-state index contributed by atoms with van der Waals surface area (Å²) in [6.07, 6.45) is 8.09. The number of aryl methyl sites for hydroxylation is 1. The topological polar surface area (TPSA) is 55.2 Å². The maximum atomic E-state index is 15.1. The SMILES string of the molecule is CCCCCCCCOc1cc2c(c(F)n1)C(F)(F)C(c1ccc(O)cn1)CC2. The van der Waals surface area contributed by atoms with E-state index in [1.54, 1.807) is 0 Å². The van der Waals surface area contributed by atoms with Crippen molar-refractivity contribution in [3.05, 3.63) is 47.2 Å². The predicted molar refractivity (Wildman–Crippen MR) is 104 cm³/mol. The average Bonchev–Trinajstić information content (AvgIpc) is 2.67. The minimum Gasteiger partial charge on any atom is -0.506 e. The Balaban J connectivity index is 1.68. The van der Waals surface area contributed by atoms with Crippen LogP contribution in [0, 0.1) is 5.95 Å². The summed E-state index contributed by atoms with van der Waals surface area (Å²) in [5.74, 6) is -5.93. The van der Waals surface area contributed by atoms with Crippen molar-refractivity contribution in [1.29, 1.82) is 0 Å². The lowest BCUT2D eigenvalue weighted by atomic mass is 9.79. The van der Waals surface area contributed by atoms with E-state index in [0.29, 0.717) is 6.61 Å². The van der Waals surface area contributed by atoms with Crippen LogP contribution in [0.2, 0.25) is 0 Å². The van der Waals surface area contributed by atoms with Crippen molar-refractivity contribution in [3.8, 4) is 11.6 Å². The van der Waals surface area contributed by atoms with E-state index < -0.39 is 23.4 Å². The van der Waals surface area contributed by atoms with E-state index in [2.05, 4.69) is 16.9 Å². The number of fused-ring (bicyclic) bond motifs is 1. The Kier molecular flexibility index (Phi) is 6.98. The molecule has 1 unspecified atom stereocenters. The van der Waals surface area contributed by atoms with Crippen LogP contribution in [0.3, 0.4) is 0 Å². The number of aromatic hydroxyl groups is 1. The zero-order chi connectivity index (χ0) is 20.9. The molecule has 0 fully saturated rings. The Labute approximate surface area is 169 Å². The zero-order valence-corrected chi connectivity index (χ0v) is 16.6. The van der Waals surface area contributed by atoms with Gasteiger partial charge in [0, 0.05) is 6.07 Å². The summed E-state index contributed by atoms with van der Waals surface area (Å²) in [4.78, 5) is 7.54. The van der Waals surface area contributed by atoms with Gasteiger partial charge in [-0.15, -0.1) is 0 Å². The monoisotopic (exact) mass is 408 g/mol. The molecular weight excluding hydrogens is 381 g/mol. The summed E-state index contributed by atoms with van der Waals surface area (Å²) in [6, 6.07) is 4.09. The van der Waals surface area contributed by atoms with Crippen LogP contribution in [0.5, 0.6) is 11.6 Å². The fourth-order valence-corrected chi connectivity index (χ4v) is 3.81. The van der Waals surface area contributed by atoms with Crippen molar-refractivity contribution in [3.63, 3.8) is 0 Å². The Morgan fingerprint density at radius 2 is 1.93 bits per heavy atom. The lowest BCUT2D eigenvalue weighted by Crippen LogP contribution is -2.32. The molecule has 2 aromatic rings. The zero-order valence-electron chi connectivity index (χ0n) is 16.6. The third-order valence-electron chi connectivity index (χ3n) is 5.38. The van der Waals surface area contributed by atoms with Gasteiger partial charge in [-0.2, -0.15) is 9.37 Å². The van der Waals surface area contributed by atoms with E-state index in [0.717, 1.165) is 25.5 Å². The summed E-state index contributed by atoms with van der Waals surface area (Å²) >= 11 is 0. The van der Waals surface area contributed by atoms with Crippen LogP contribution in [0.1, 0.15) is 74.6 Å². The molecule has 1 aliphatic rings. The Morgan fingerprint density at radius 3 is 2.66 bits per heavy atom. The Morgan fingerprint density at radius 1 is 1.17 bits per heavy atom. The third kappa shape index (κ3) is 5.00. The molecule has 2 heterocycles. The number of aromatic nitrogens is 2. The number of rotatable bonds is 9. The van der Waals surface area contributed by atoms with Crippen LogP contribution >= 0.6 is 0 Å². The van der Waals surface area contributed by atoms with Gasteiger partial charge in [0.05, 0.1) is 30.0 Å². The second kappa shape index (κ2) is 9.46. The summed E-state index contributed by atoms with van der Waals surface area (Å²) < 4.78 is 50.2. The van der Waals surface area contributed by atoms with Crippen molar-refractivity contribution in [2.45, 2.75) is 70.1 Å². The highest BCUT2D eigenvalue weighted by molar-refractivity contribution is 5.39. The molecule has 29 heavy (non-hydrogen) atoms. The first-order valence-electron chi connectivity index (χ1n) is 10.3. The van der Waals surface area contributed by atoms with Gasteiger partial charge in [0.2, 0.25) is 11.8 Å². The van der Waals surface area contributed by atoms with Crippen LogP contribution in [0.25, 0.3) is 0 Å². The van der Waals surface area contributed by atoms with E-state index in [9.17, 15) is 9.50 Å². The summed E-state index contributed by atoms with van der Waals surface area (Å²) in [5.41, 5.74) is -0.313. The molecule has 0 spiro atoms. The summed E-state index contributed by atoms with van der Waals surface area (Å²) in [7, 11) is 0. The van der Waals surface area contributed by atoms with Crippen molar-refractivity contribution < 1.29 is 23.0 Å². The number of unbranched alkanes of at least 4 members (excludes halogenated alkanes) is 5. The van der Waals surface area contributed by atoms with Gasteiger partial charge in [-0.1, -0.05) is 39.0 Å². The number of pyridine rings is 2. The highest BCUT2D eigenvalue weighted by Gasteiger charge is 2.49. The van der Waals surface area contributed by atoms with Crippen LogP contribution in [-0.2, 0) is 12.3 Å². The number of halogens is 3. The molecule has 0 aromatic carbocycles. The van der Waals surface area contributed by atoms with Gasteiger partial charge in [0.15, 0.2) is 0 Å². The van der Waals surface area contributed by atoms with Crippen LogP contribution < -0.4 is 4.74 Å². The number of hydrogen-bond acceptors (Lipinski definition) is 4. The van der Waals surface area contributed by atoms with E-state index in [4.69, 9.17) is 4.74 Å². The first-order valence-corrected chi connectivity index (χ1v) is 10.3. The van der Waals surface area contributed by atoms with Gasteiger partial charge in [-0.05, 0) is 37.0 Å². The number of ether oxygens (including phenoxy) is 1. The van der Waals surface area contributed by atoms with E-state index in [1.165, 1.54) is 37.5 Å². The van der Waals surface area contributed by atoms with Gasteiger partial charge in [0.25, 0.3) is 5.92 Å². The quantitative estimate of drug-likeness (QED) is 0.416. The molecular formula is C22H27F3N2O2. The minimum absolute atomic E-state index is 0.0619. The predicted octanol–water partition coefficient (Wildman–Crippen LogP) is 5.88. The van der Waals surface area contributed by atoms with Crippen molar-refractivity contribution >= 4 is 0 Å². The molecule has 0 saturated heterocycles. The molecule has 0 bridgehead atoms. The normalized spacial score (nSPS) is 17.7. The first kappa shape index (κ1) is 21.4. The highest BCUT2D eigenvalue weighted by atomic mass is 19.3. The highest BCUT2D eigenvalue weighted by Crippen LogP contribution is 2.50. The van der Waals surface area contributed by atoms with E-state index in [1.807, 2.05) is 0 Å². The van der Waals surface area contributed by atoms with E-state index in [-0.39, 0.29) is 35.7 Å². The van der Waals surface area contributed by atoms with Crippen molar-refractivity contribution in [1.82, 2.24) is 9.97 Å². The molecule has 1 N–H and O–H groups in total. The van der Waals surface area contributed by atoms with Crippen LogP contribution in [-0.4, -0.2) is 21.7 Å². The molecule has 1 aliphatic carbocycles. The van der Waals surface area contributed by atoms with Gasteiger partial charge in [0.1, 0.15) is 5.75 Å². The lowest BCUT2D eigenvalue weighted by molar-refractivity contribution is -0.0488. The largest absolute Gasteiger partial charge is 0.506 e. The molecule has 1 atom stereocenters. The fraction of sp³-hybridized carbons (Fsp3) is 0.545. The van der Waals surface area contributed by atoms with E-state index >= 15 is 8.78 Å². The van der Waals surface area contributed by atoms with Crippen LogP contribution in [0.4, 0.5) is 13.2 Å². The molecule has 7 heteroatoms. The second-order valence-corrected chi connectivity index (χ2v) is 7.56. The van der Waals surface area contributed by atoms with Gasteiger partial charge >= 0.3 is 0 Å². The molecule has 0 saturated carbocycles. The lowest BCUT2D eigenvalue weighted by Gasteiger charge is -2.33. The Bertz CT molecular complexity index is 812. The number of hydrogen-bond donors (Lipinski definition) is 1. The van der Waals surface area contributed by atoms with Crippen LogP contribution in [0.15, 0.2) is 24.4 Å². The number of nitrogens with zero attached hydrogens (tertiary/aromatic N) is 2. The van der Waals surface area contributed by atoms with Gasteiger partial charge in [-0.25, -0.2) is 8.78 Å². The Hall–Kier alpha value is -2.31. The molecule has 3 rings (SSSR count). The van der Waals surface area contributed by atoms with Gasteiger partial charge in [-0.3, -0.25) is 4.98 Å². The molecule has 0 amide bonds. The molecule has 4 nitrogen and oxygen atoms in total. The fourth-order valence-electron chi connectivity index (χ4n) is 3.81. The average molecular weight is 408 g/mol. The second-order valence-electron chi connectivity index (χ2n) is 7.56. The van der Waals surface area contributed by atoms with Gasteiger partial charge < -0.3 is 9.84 Å². The standard InChI is InChI=1S/C22H27F3N2O2/c1-2-3-4-5-6-7-12-29-19-13-15-8-10-17(18-11-9-16(28)14-26-18)22(24,25)20(15)21(23)27-19/h9,11,13-14,17,28H,2-8,10,12H2,1H3. The number of alkyl halides is 2. The summed E-state index contributed by atoms with van der Waals surface area (Å²) in [5, 5.41) is 9.33. The maximum Gasteiger partial charge on any atom is 0.286 e. The van der Waals surface area contributed by atoms with Crippen molar-refractivity contribution in [2.24, 2.45) is 0 Å². The smallest absolute Gasteiger partial charge is 0.286 e.